The van der Waals surface area contributed by atoms with Gasteiger partial charge in [-0.25, -0.2) is 9.37 Å². The van der Waals surface area contributed by atoms with Gasteiger partial charge < -0.3 is 21.1 Å². The van der Waals surface area contributed by atoms with E-state index in [1.54, 1.807) is 18.2 Å². The Hall–Kier alpha value is -3.26. The van der Waals surface area contributed by atoms with Crippen LogP contribution in [0.4, 0.5) is 10.1 Å². The van der Waals surface area contributed by atoms with Gasteiger partial charge in [-0.3, -0.25) is 9.59 Å². The number of nitrogens with one attached hydrogen (secondary N) is 2. The van der Waals surface area contributed by atoms with Crippen LogP contribution in [0, 0.1) is 5.82 Å². The third kappa shape index (κ3) is 3.39. The van der Waals surface area contributed by atoms with Gasteiger partial charge in [0.2, 0.25) is 0 Å². The first-order chi connectivity index (χ1) is 13.0. The second-order valence-electron chi connectivity index (χ2n) is 6.02. The first-order valence-electron chi connectivity index (χ1n) is 8.47. The van der Waals surface area contributed by atoms with Gasteiger partial charge in [-0.1, -0.05) is 25.1 Å². The molecule has 0 unspecified atom stereocenters. The van der Waals surface area contributed by atoms with Crippen molar-refractivity contribution in [3.05, 3.63) is 57.8 Å². The molecule has 3 aromatic rings. The number of rotatable bonds is 5. The van der Waals surface area contributed by atoms with E-state index in [-0.39, 0.29) is 34.8 Å². The van der Waals surface area contributed by atoms with E-state index < -0.39 is 17.3 Å². The highest BCUT2D eigenvalue weighted by atomic mass is 19.1. The van der Waals surface area contributed by atoms with Gasteiger partial charge in [0.05, 0.1) is 23.5 Å². The molecule has 0 fully saturated rings. The van der Waals surface area contributed by atoms with Crippen LogP contribution in [0.3, 0.4) is 0 Å². The minimum absolute atomic E-state index is 0.0166. The van der Waals surface area contributed by atoms with Crippen LogP contribution in [0.25, 0.3) is 22.2 Å². The standard InChI is InChI=1S/C19H19FN4O3/c1-2-8-22-18(26)14-15(21)11-4-3-5-12(16(11)24-19(14)27)17-13(20)7-6-10(9-25)23-17/h3-7,25H,2,8-9H2,1H3,(H,22,26)(H3,21,24,27). The van der Waals surface area contributed by atoms with Crippen molar-refractivity contribution in [3.63, 3.8) is 0 Å². The number of aliphatic hydroxyl groups excluding tert-OH is 1. The van der Waals surface area contributed by atoms with Crippen molar-refractivity contribution in [2.45, 2.75) is 20.0 Å². The first kappa shape index (κ1) is 18.5. The molecule has 0 aliphatic carbocycles. The van der Waals surface area contributed by atoms with Crippen molar-refractivity contribution in [3.8, 4) is 11.3 Å². The van der Waals surface area contributed by atoms with Crippen molar-refractivity contribution >= 4 is 22.5 Å². The Morgan fingerprint density at radius 3 is 2.81 bits per heavy atom. The van der Waals surface area contributed by atoms with Crippen molar-refractivity contribution in [1.29, 1.82) is 0 Å². The third-order valence-electron chi connectivity index (χ3n) is 4.17. The predicted octanol–water partition coefficient (Wildman–Crippen LogP) is 1.94. The van der Waals surface area contributed by atoms with Gasteiger partial charge >= 0.3 is 0 Å². The molecule has 7 nitrogen and oxygen atoms in total. The number of anilines is 1. The quantitative estimate of drug-likeness (QED) is 0.547. The van der Waals surface area contributed by atoms with E-state index in [2.05, 4.69) is 15.3 Å². The molecule has 2 aromatic heterocycles. The summed E-state index contributed by atoms with van der Waals surface area (Å²) in [5, 5.41) is 12.3. The number of aromatic nitrogens is 2. The minimum atomic E-state index is -0.667. The van der Waals surface area contributed by atoms with Gasteiger partial charge in [0.15, 0.2) is 0 Å². The lowest BCUT2D eigenvalue weighted by atomic mass is 10.0. The number of nitrogens with zero attached hydrogens (tertiary/aromatic N) is 1. The zero-order valence-corrected chi connectivity index (χ0v) is 14.7. The number of nitrogen functional groups attached to an aromatic ring is 1. The molecule has 0 spiro atoms. The molecule has 0 saturated heterocycles. The Balaban J connectivity index is 2.24. The van der Waals surface area contributed by atoms with Crippen LogP contribution >= 0.6 is 0 Å². The summed E-state index contributed by atoms with van der Waals surface area (Å²) in [6.45, 7) is 1.96. The molecule has 0 aliphatic heterocycles. The van der Waals surface area contributed by atoms with E-state index in [1.165, 1.54) is 12.1 Å². The average Bonchev–Trinajstić information content (AvgIpc) is 2.66. The lowest BCUT2D eigenvalue weighted by molar-refractivity contribution is 0.0953. The topological polar surface area (TPSA) is 121 Å². The molecule has 8 heteroatoms. The number of aliphatic hydroxyl groups is 1. The molecule has 1 amide bonds. The van der Waals surface area contributed by atoms with Crippen LogP contribution in [0.1, 0.15) is 29.4 Å². The Morgan fingerprint density at radius 1 is 1.33 bits per heavy atom. The van der Waals surface area contributed by atoms with E-state index in [9.17, 15) is 19.1 Å². The SMILES string of the molecule is CCCNC(=O)c1c(N)c2cccc(-c3nc(CO)ccc3F)c2[nH]c1=O. The predicted molar refractivity (Wildman–Crippen MR) is 101 cm³/mol. The van der Waals surface area contributed by atoms with Crippen LogP contribution < -0.4 is 16.6 Å². The highest BCUT2D eigenvalue weighted by molar-refractivity contribution is 6.08. The summed E-state index contributed by atoms with van der Waals surface area (Å²) in [5.74, 6) is -1.17. The maximum absolute atomic E-state index is 14.3. The summed E-state index contributed by atoms with van der Waals surface area (Å²) < 4.78 is 14.3. The van der Waals surface area contributed by atoms with E-state index in [1.807, 2.05) is 6.92 Å². The summed E-state index contributed by atoms with van der Waals surface area (Å²) in [7, 11) is 0. The number of pyridine rings is 2. The number of hydrogen-bond donors (Lipinski definition) is 4. The Bertz CT molecular complexity index is 1080. The number of carbonyl (C=O) groups excluding carboxylic acids is 1. The lowest BCUT2D eigenvalue weighted by Crippen LogP contribution is -2.31. The monoisotopic (exact) mass is 370 g/mol. The first-order valence-corrected chi connectivity index (χ1v) is 8.47. The maximum Gasteiger partial charge on any atom is 0.263 e. The van der Waals surface area contributed by atoms with Crippen molar-refractivity contribution in [2.24, 2.45) is 0 Å². The molecule has 2 heterocycles. The van der Waals surface area contributed by atoms with Crippen LogP contribution in [0.2, 0.25) is 0 Å². The molecule has 27 heavy (non-hydrogen) atoms. The van der Waals surface area contributed by atoms with Gasteiger partial charge in [0.25, 0.3) is 11.5 Å². The van der Waals surface area contributed by atoms with Crippen molar-refractivity contribution in [1.82, 2.24) is 15.3 Å². The summed E-state index contributed by atoms with van der Waals surface area (Å²) >= 11 is 0. The van der Waals surface area contributed by atoms with E-state index in [0.717, 1.165) is 0 Å². The van der Waals surface area contributed by atoms with Crippen LogP contribution in [0.5, 0.6) is 0 Å². The van der Waals surface area contributed by atoms with Gasteiger partial charge in [-0.2, -0.15) is 0 Å². The molecule has 140 valence electrons. The smallest absolute Gasteiger partial charge is 0.263 e. The molecule has 5 N–H and O–H groups in total. The molecular formula is C19H19FN4O3. The van der Waals surface area contributed by atoms with Gasteiger partial charge in [0.1, 0.15) is 17.1 Å². The zero-order chi connectivity index (χ0) is 19.6. The number of H-pyrrole nitrogens is 1. The molecular weight excluding hydrogens is 351 g/mol. The van der Waals surface area contributed by atoms with Gasteiger partial charge in [0, 0.05) is 17.5 Å². The number of halogens is 1. The van der Waals surface area contributed by atoms with Gasteiger partial charge in [-0.05, 0) is 18.6 Å². The van der Waals surface area contributed by atoms with Crippen molar-refractivity contribution < 1.29 is 14.3 Å². The summed E-state index contributed by atoms with van der Waals surface area (Å²) in [4.78, 5) is 31.5. The number of fused-ring (bicyclic) bond motifs is 1. The number of carbonyl (C=O) groups is 1. The minimum Gasteiger partial charge on any atom is -0.397 e. The lowest BCUT2D eigenvalue weighted by Gasteiger charge is -2.12. The van der Waals surface area contributed by atoms with Crippen LogP contribution in [-0.4, -0.2) is 27.5 Å². The molecule has 0 aliphatic rings. The number of benzene rings is 1. The Morgan fingerprint density at radius 2 is 2.11 bits per heavy atom. The number of para-hydroxylation sites is 1. The molecule has 0 saturated carbocycles. The Kier molecular flexibility index (Phi) is 5.18. The molecule has 1 aromatic carbocycles. The fourth-order valence-electron chi connectivity index (χ4n) is 2.85. The molecule has 0 bridgehead atoms. The highest BCUT2D eigenvalue weighted by Gasteiger charge is 2.20. The summed E-state index contributed by atoms with van der Waals surface area (Å²) in [6, 6.07) is 7.42. The van der Waals surface area contributed by atoms with Crippen LogP contribution in [-0.2, 0) is 6.61 Å². The fraction of sp³-hybridized carbons (Fsp3) is 0.211. The largest absolute Gasteiger partial charge is 0.397 e. The average molecular weight is 370 g/mol. The molecule has 3 rings (SSSR count). The number of amides is 1. The van der Waals surface area contributed by atoms with Crippen molar-refractivity contribution in [2.75, 3.05) is 12.3 Å². The number of hydrogen-bond acceptors (Lipinski definition) is 5. The highest BCUT2D eigenvalue weighted by Crippen LogP contribution is 2.30. The van der Waals surface area contributed by atoms with Crippen LogP contribution in [0.15, 0.2) is 35.1 Å². The molecule has 0 atom stereocenters. The maximum atomic E-state index is 14.3. The zero-order valence-electron chi connectivity index (χ0n) is 14.7. The van der Waals surface area contributed by atoms with E-state index in [4.69, 9.17) is 5.73 Å². The summed E-state index contributed by atoms with van der Waals surface area (Å²) in [6.07, 6.45) is 0.716. The summed E-state index contributed by atoms with van der Waals surface area (Å²) in [5.41, 5.74) is 6.12. The van der Waals surface area contributed by atoms with Gasteiger partial charge in [-0.15, -0.1) is 0 Å². The second kappa shape index (κ2) is 7.55. The van der Waals surface area contributed by atoms with E-state index in [0.29, 0.717) is 23.9 Å². The Labute approximate surface area is 154 Å². The third-order valence-corrected chi connectivity index (χ3v) is 4.17. The number of aromatic amines is 1. The normalized spacial score (nSPS) is 10.9. The number of nitrogens with two attached hydrogens (primary N) is 1. The second-order valence-corrected chi connectivity index (χ2v) is 6.02. The molecule has 0 radical (unpaired) electrons. The van der Waals surface area contributed by atoms with E-state index >= 15 is 0 Å². The fourth-order valence-corrected chi connectivity index (χ4v) is 2.85.